The van der Waals surface area contributed by atoms with Gasteiger partial charge in [-0.3, -0.25) is 18.3 Å². The molecule has 2 aromatic carbocycles. The quantitative estimate of drug-likeness (QED) is 0.100. The lowest BCUT2D eigenvalue weighted by Crippen LogP contribution is -2.27. The monoisotopic (exact) mass is 672 g/mol. The molecular weight excluding hydrogens is 632 g/mol. The van der Waals surface area contributed by atoms with Crippen LogP contribution in [0.1, 0.15) is 25.7 Å². The molecule has 0 aromatic heterocycles. The summed E-state index contributed by atoms with van der Waals surface area (Å²) in [5.74, 6) is 0. The molecule has 0 heterocycles. The Morgan fingerprint density at radius 3 is 0.810 bits per heavy atom. The molecule has 0 aliphatic heterocycles. The maximum atomic E-state index is 11.3. The molecule has 18 heteroatoms. The molecule has 0 saturated carbocycles. The predicted molar refractivity (Wildman–Crippen MR) is 162 cm³/mol. The lowest BCUT2D eigenvalue weighted by molar-refractivity contribution is 0.368. The molecule has 0 saturated heterocycles. The number of hydrogen-bond acceptors (Lipinski definition) is 6. The summed E-state index contributed by atoms with van der Waals surface area (Å²) in [5.41, 5.74) is 3.16. The van der Waals surface area contributed by atoms with E-state index in [-0.39, 0.29) is 50.3 Å². The molecule has 8 N–H and O–H groups in total. The number of nitrogens with zero attached hydrogens (tertiary/aromatic N) is 2. The van der Waals surface area contributed by atoms with Crippen LogP contribution in [-0.2, 0) is 18.3 Å². The summed E-state index contributed by atoms with van der Waals surface area (Å²) in [5, 5.41) is 0. The highest BCUT2D eigenvalue weighted by Crippen LogP contribution is 2.38. The Labute approximate surface area is 245 Å². The second-order valence-corrected chi connectivity index (χ2v) is 17.1. The highest BCUT2D eigenvalue weighted by molar-refractivity contribution is 7.52. The second kappa shape index (κ2) is 16.1. The molecule has 0 amide bonds. The molecule has 42 heavy (non-hydrogen) atoms. The van der Waals surface area contributed by atoms with Crippen molar-refractivity contribution in [3.8, 4) is 11.1 Å². The second-order valence-electron chi connectivity index (χ2n) is 10.0. The predicted octanol–water partition coefficient (Wildman–Crippen LogP) is 3.24. The molecule has 0 unspecified atom stereocenters. The van der Waals surface area contributed by atoms with Gasteiger partial charge in [-0.25, -0.2) is 0 Å². The molecule has 0 bridgehead atoms. The van der Waals surface area contributed by atoms with Crippen molar-refractivity contribution in [2.45, 2.75) is 25.7 Å². The molecule has 0 aliphatic carbocycles. The van der Waals surface area contributed by atoms with Gasteiger partial charge < -0.3 is 48.9 Å². The van der Waals surface area contributed by atoms with Gasteiger partial charge in [0.2, 0.25) is 0 Å². The summed E-state index contributed by atoms with van der Waals surface area (Å²) < 4.78 is 45.0. The van der Waals surface area contributed by atoms with E-state index in [1.165, 1.54) is 0 Å². The zero-order valence-corrected chi connectivity index (χ0v) is 26.6. The fraction of sp³-hybridized carbons (Fsp3) is 0.500. The van der Waals surface area contributed by atoms with Crippen molar-refractivity contribution in [2.24, 2.45) is 0 Å². The number of rotatable bonds is 19. The van der Waals surface area contributed by atoms with E-state index in [0.717, 1.165) is 22.5 Å². The van der Waals surface area contributed by atoms with Crippen LogP contribution in [-0.4, -0.2) is 90.0 Å². The Morgan fingerprint density at radius 1 is 0.405 bits per heavy atom. The Balaban J connectivity index is 2.15. The fourth-order valence-corrected chi connectivity index (χ4v) is 6.55. The van der Waals surface area contributed by atoms with E-state index in [4.69, 9.17) is 0 Å². The lowest BCUT2D eigenvalue weighted by atomic mass is 10.0. The first-order valence-electron chi connectivity index (χ1n) is 13.2. The van der Waals surface area contributed by atoms with Gasteiger partial charge in [-0.05, 0) is 61.1 Å². The standard InChI is InChI=1S/C24H40N2O12P4/c27-39(28,29)17-1-13-25(14-2-18-40(30,31)32)23-9-5-21(6-10-23)22-7-11-24(12-8-22)26(15-3-19-41(33,34)35)16-4-20-42(36,37)38/h5-12H,1-4,13-20H2,(H2,27,28,29)(H2,30,31,32)(H2,33,34,35)(H2,36,37,38). The van der Waals surface area contributed by atoms with Gasteiger partial charge in [0.25, 0.3) is 0 Å². The van der Waals surface area contributed by atoms with Crippen LogP contribution in [0.2, 0.25) is 0 Å². The molecule has 0 aliphatic rings. The van der Waals surface area contributed by atoms with E-state index in [1.807, 2.05) is 58.3 Å². The first-order valence-corrected chi connectivity index (χ1v) is 20.4. The van der Waals surface area contributed by atoms with Gasteiger partial charge in [0.05, 0.1) is 24.6 Å². The summed E-state index contributed by atoms with van der Waals surface area (Å²) >= 11 is 0. The molecule has 2 aromatic rings. The normalized spacial score (nSPS) is 12.9. The van der Waals surface area contributed by atoms with Gasteiger partial charge in [-0.2, -0.15) is 0 Å². The average Bonchev–Trinajstić information content (AvgIpc) is 2.84. The van der Waals surface area contributed by atoms with Gasteiger partial charge in [0.1, 0.15) is 0 Å². The van der Waals surface area contributed by atoms with Crippen LogP contribution in [0.15, 0.2) is 48.5 Å². The Hall–Kier alpha value is -1.36. The molecule has 2 rings (SSSR count). The highest BCUT2D eigenvalue weighted by atomic mass is 31.2. The third kappa shape index (κ3) is 15.9. The van der Waals surface area contributed by atoms with Crippen molar-refractivity contribution in [3.63, 3.8) is 0 Å². The van der Waals surface area contributed by atoms with E-state index in [9.17, 15) is 57.4 Å². The molecule has 0 spiro atoms. The molecule has 0 radical (unpaired) electrons. The Bertz CT molecular complexity index is 1140. The van der Waals surface area contributed by atoms with Crippen LogP contribution >= 0.6 is 30.4 Å². The average molecular weight is 672 g/mol. The van der Waals surface area contributed by atoms with Gasteiger partial charge in [-0.1, -0.05) is 24.3 Å². The van der Waals surface area contributed by atoms with Gasteiger partial charge in [0.15, 0.2) is 0 Å². The van der Waals surface area contributed by atoms with Crippen LogP contribution in [0.3, 0.4) is 0 Å². The summed E-state index contributed by atoms with van der Waals surface area (Å²) in [6.45, 7) is 1.17. The zero-order valence-electron chi connectivity index (χ0n) is 23.0. The number of benzene rings is 2. The first kappa shape index (κ1) is 36.8. The molecular formula is C24H40N2O12P4. The van der Waals surface area contributed by atoms with Crippen LogP contribution in [0.4, 0.5) is 11.4 Å². The smallest absolute Gasteiger partial charge is 0.325 e. The minimum absolute atomic E-state index is 0.197. The summed E-state index contributed by atoms with van der Waals surface area (Å²) in [7, 11) is -16.7. The third-order valence-corrected chi connectivity index (χ3v) is 9.90. The molecule has 14 nitrogen and oxygen atoms in total. The third-order valence-electron chi connectivity index (χ3n) is 6.31. The van der Waals surface area contributed by atoms with Crippen molar-refractivity contribution in [3.05, 3.63) is 48.5 Å². The minimum Gasteiger partial charge on any atom is -0.372 e. The van der Waals surface area contributed by atoms with E-state index in [0.29, 0.717) is 26.2 Å². The van der Waals surface area contributed by atoms with Gasteiger partial charge in [0, 0.05) is 37.6 Å². The van der Waals surface area contributed by atoms with Gasteiger partial charge in [-0.15, -0.1) is 0 Å². The first-order chi connectivity index (χ1) is 19.3. The number of hydrogen-bond donors (Lipinski definition) is 8. The van der Waals surface area contributed by atoms with E-state index in [2.05, 4.69) is 0 Å². The van der Waals surface area contributed by atoms with Crippen LogP contribution in [0.25, 0.3) is 11.1 Å². The van der Waals surface area contributed by atoms with Crippen molar-refractivity contribution in [2.75, 3.05) is 60.6 Å². The SMILES string of the molecule is O=P(O)(O)CCCN(CCCP(=O)(O)O)c1ccc(-c2ccc(N(CCCP(=O)(O)O)CCCP(=O)(O)O)cc2)cc1. The molecule has 0 atom stereocenters. The van der Waals surface area contributed by atoms with E-state index >= 15 is 0 Å². The largest absolute Gasteiger partial charge is 0.372 e. The summed E-state index contributed by atoms with van der Waals surface area (Å²) in [6.07, 6.45) is -0.427. The van der Waals surface area contributed by atoms with E-state index in [1.54, 1.807) is 0 Å². The summed E-state index contributed by atoms with van der Waals surface area (Å²) in [6, 6.07) is 14.6. The van der Waals surface area contributed by atoms with Gasteiger partial charge >= 0.3 is 30.4 Å². The van der Waals surface area contributed by atoms with Crippen molar-refractivity contribution >= 4 is 41.8 Å². The van der Waals surface area contributed by atoms with Crippen molar-refractivity contribution in [1.82, 2.24) is 0 Å². The summed E-state index contributed by atoms with van der Waals surface area (Å²) in [4.78, 5) is 77.0. The van der Waals surface area contributed by atoms with Crippen molar-refractivity contribution in [1.29, 1.82) is 0 Å². The Morgan fingerprint density at radius 2 is 0.619 bits per heavy atom. The highest BCUT2D eigenvalue weighted by Gasteiger charge is 2.18. The zero-order chi connectivity index (χ0) is 31.6. The topological polar surface area (TPSA) is 237 Å². The van der Waals surface area contributed by atoms with Crippen LogP contribution in [0, 0.1) is 0 Å². The fourth-order valence-electron chi connectivity index (χ4n) is 4.34. The van der Waals surface area contributed by atoms with E-state index < -0.39 is 30.4 Å². The minimum atomic E-state index is -4.18. The maximum absolute atomic E-state index is 11.3. The molecule has 238 valence electrons. The van der Waals surface area contributed by atoms with Crippen LogP contribution < -0.4 is 9.80 Å². The number of anilines is 2. The van der Waals surface area contributed by atoms with Crippen LogP contribution in [0.5, 0.6) is 0 Å². The Kier molecular flexibility index (Phi) is 14.1. The van der Waals surface area contributed by atoms with Crippen molar-refractivity contribution < 1.29 is 57.4 Å². The maximum Gasteiger partial charge on any atom is 0.325 e. The lowest BCUT2D eigenvalue weighted by Gasteiger charge is -2.26. The molecule has 0 fully saturated rings.